The second kappa shape index (κ2) is 9.58. The first-order valence-corrected chi connectivity index (χ1v) is 10.7. The molecule has 1 fully saturated rings. The van der Waals surface area contributed by atoms with Crippen molar-refractivity contribution in [1.82, 2.24) is 15.2 Å². The molecule has 6 nitrogen and oxygen atoms in total. The third-order valence-corrected chi connectivity index (χ3v) is 5.85. The fourth-order valence-electron chi connectivity index (χ4n) is 3.37. The third kappa shape index (κ3) is 4.88. The lowest BCUT2D eigenvalue weighted by Gasteiger charge is -2.37. The molecular formula is C22H24FN5OS. The average molecular weight is 426 g/mol. The monoisotopic (exact) mass is 425 g/mol. The van der Waals surface area contributed by atoms with Crippen molar-refractivity contribution in [2.45, 2.75) is 6.54 Å². The predicted molar refractivity (Wildman–Crippen MR) is 119 cm³/mol. The quantitative estimate of drug-likeness (QED) is 0.495. The molecule has 0 aliphatic carbocycles. The van der Waals surface area contributed by atoms with Crippen LogP contribution in [0, 0.1) is 5.82 Å². The number of rotatable bonds is 5. The summed E-state index contributed by atoms with van der Waals surface area (Å²) in [5, 5.41) is 6.76. The van der Waals surface area contributed by atoms with E-state index in [0.29, 0.717) is 12.3 Å². The van der Waals surface area contributed by atoms with Gasteiger partial charge in [0.2, 0.25) is 0 Å². The first kappa shape index (κ1) is 20.2. The molecule has 30 heavy (non-hydrogen) atoms. The normalized spacial score (nSPS) is 14.7. The largest absolute Gasteiger partial charge is 0.453 e. The minimum atomic E-state index is -0.405. The lowest BCUT2D eigenvalue weighted by atomic mass is 10.2. The molecule has 0 spiro atoms. The van der Waals surface area contributed by atoms with Crippen molar-refractivity contribution in [2.24, 2.45) is 4.99 Å². The summed E-state index contributed by atoms with van der Waals surface area (Å²) in [6, 6.07) is 12.7. The number of anilines is 1. The molecule has 3 heterocycles. The molecular weight excluding hydrogens is 401 g/mol. The zero-order chi connectivity index (χ0) is 20.8. The Morgan fingerprint density at radius 2 is 2.07 bits per heavy atom. The number of thiophene rings is 1. The van der Waals surface area contributed by atoms with Gasteiger partial charge in [-0.25, -0.2) is 4.39 Å². The van der Waals surface area contributed by atoms with Gasteiger partial charge in [0, 0.05) is 46.0 Å². The molecule has 156 valence electrons. The highest BCUT2D eigenvalue weighted by Gasteiger charge is 2.20. The van der Waals surface area contributed by atoms with Gasteiger partial charge >= 0.3 is 0 Å². The number of hydrogen-bond donors (Lipinski definition) is 1. The molecule has 8 heteroatoms. The number of halogens is 1. The summed E-state index contributed by atoms with van der Waals surface area (Å²) >= 11 is 1.77. The van der Waals surface area contributed by atoms with E-state index < -0.39 is 5.82 Å². The van der Waals surface area contributed by atoms with Crippen molar-refractivity contribution in [1.29, 1.82) is 0 Å². The maximum absolute atomic E-state index is 14.5. The minimum Gasteiger partial charge on any atom is -0.453 e. The number of nitrogens with one attached hydrogen (secondary N) is 1. The van der Waals surface area contributed by atoms with Crippen molar-refractivity contribution in [3.63, 3.8) is 0 Å². The van der Waals surface area contributed by atoms with Gasteiger partial charge in [0.1, 0.15) is 5.75 Å². The van der Waals surface area contributed by atoms with Crippen molar-refractivity contribution in [3.05, 3.63) is 71.6 Å². The highest BCUT2D eigenvalue weighted by molar-refractivity contribution is 7.14. The summed E-state index contributed by atoms with van der Waals surface area (Å²) in [6.45, 7) is 4.18. The number of hydrogen-bond acceptors (Lipinski definition) is 5. The molecule has 0 bridgehead atoms. The Labute approximate surface area is 179 Å². The minimum absolute atomic E-state index is 0.181. The number of pyridine rings is 1. The van der Waals surface area contributed by atoms with Gasteiger partial charge in [0.25, 0.3) is 0 Å². The molecule has 0 radical (unpaired) electrons. The molecule has 2 aromatic heterocycles. The van der Waals surface area contributed by atoms with Gasteiger partial charge in [-0.2, -0.15) is 0 Å². The first-order valence-electron chi connectivity index (χ1n) is 9.83. The van der Waals surface area contributed by atoms with E-state index in [2.05, 4.69) is 42.6 Å². The van der Waals surface area contributed by atoms with Crippen LogP contribution in [-0.4, -0.2) is 49.1 Å². The van der Waals surface area contributed by atoms with Gasteiger partial charge in [-0.05, 0) is 47.3 Å². The Morgan fingerprint density at radius 3 is 2.73 bits per heavy atom. The van der Waals surface area contributed by atoms with Gasteiger partial charge in [-0.3, -0.25) is 9.98 Å². The van der Waals surface area contributed by atoms with Crippen LogP contribution in [0.5, 0.6) is 11.5 Å². The second-order valence-corrected chi connectivity index (χ2v) is 7.81. The number of ether oxygens (including phenoxy) is 1. The SMILES string of the molecule is CN=C(NCc1ccc(Oc2cccnc2)c(F)c1)N1CCN(c2cccs2)CC1. The lowest BCUT2D eigenvalue weighted by molar-refractivity contribution is 0.373. The smallest absolute Gasteiger partial charge is 0.194 e. The van der Waals surface area contributed by atoms with Crippen molar-refractivity contribution in [3.8, 4) is 11.5 Å². The van der Waals surface area contributed by atoms with E-state index >= 15 is 0 Å². The van der Waals surface area contributed by atoms with Gasteiger partial charge in [0.05, 0.1) is 11.2 Å². The maximum Gasteiger partial charge on any atom is 0.194 e. The number of aromatic nitrogens is 1. The van der Waals surface area contributed by atoms with E-state index in [9.17, 15) is 4.39 Å². The van der Waals surface area contributed by atoms with Crippen LogP contribution in [0.15, 0.2) is 65.2 Å². The molecule has 0 unspecified atom stereocenters. The zero-order valence-electron chi connectivity index (χ0n) is 16.8. The molecule has 4 rings (SSSR count). The van der Waals surface area contributed by atoms with E-state index in [-0.39, 0.29) is 5.75 Å². The highest BCUT2D eigenvalue weighted by Crippen LogP contribution is 2.25. The van der Waals surface area contributed by atoms with Crippen LogP contribution in [0.4, 0.5) is 9.39 Å². The highest BCUT2D eigenvalue weighted by atomic mass is 32.1. The van der Waals surface area contributed by atoms with E-state index in [1.165, 1.54) is 11.1 Å². The lowest BCUT2D eigenvalue weighted by Crippen LogP contribution is -2.52. The molecule has 1 aromatic carbocycles. The van der Waals surface area contributed by atoms with Gasteiger partial charge in [-0.1, -0.05) is 6.07 Å². The van der Waals surface area contributed by atoms with Crippen LogP contribution in [0.2, 0.25) is 0 Å². The Balaban J connectivity index is 1.31. The Hall–Kier alpha value is -3.13. The molecule has 1 N–H and O–H groups in total. The summed E-state index contributed by atoms with van der Waals surface area (Å²) in [5.74, 6) is 1.11. The predicted octanol–water partition coefficient (Wildman–Crippen LogP) is 3.97. The fraction of sp³-hybridized carbons (Fsp3) is 0.273. The average Bonchev–Trinajstić information content (AvgIpc) is 3.32. The van der Waals surface area contributed by atoms with Crippen molar-refractivity contribution < 1.29 is 9.13 Å². The third-order valence-electron chi connectivity index (χ3n) is 4.92. The number of nitrogens with zero attached hydrogens (tertiary/aromatic N) is 4. The fourth-order valence-corrected chi connectivity index (χ4v) is 4.16. The van der Waals surface area contributed by atoms with E-state index in [1.54, 1.807) is 49.0 Å². The Bertz CT molecular complexity index is 972. The van der Waals surface area contributed by atoms with Gasteiger partial charge in [-0.15, -0.1) is 11.3 Å². The number of piperazine rings is 1. The Kier molecular flexibility index (Phi) is 6.44. The maximum atomic E-state index is 14.5. The van der Waals surface area contributed by atoms with Crippen LogP contribution in [-0.2, 0) is 6.54 Å². The zero-order valence-corrected chi connectivity index (χ0v) is 17.6. The van der Waals surface area contributed by atoms with Crippen LogP contribution in [0.1, 0.15) is 5.56 Å². The van der Waals surface area contributed by atoms with E-state index in [0.717, 1.165) is 37.7 Å². The summed E-state index contributed by atoms with van der Waals surface area (Å²) in [4.78, 5) is 13.0. The molecule has 3 aromatic rings. The molecule has 1 aliphatic heterocycles. The van der Waals surface area contributed by atoms with Crippen molar-refractivity contribution in [2.75, 3.05) is 38.1 Å². The summed E-state index contributed by atoms with van der Waals surface area (Å²) in [6.07, 6.45) is 3.20. The standard InChI is InChI=1S/C22H24FN5OS/c1-24-22(28-11-9-27(10-12-28)21-5-3-13-30-21)26-15-17-6-7-20(19(23)14-17)29-18-4-2-8-25-16-18/h2-8,13-14,16H,9-12,15H2,1H3,(H,24,26). The number of aliphatic imine (C=N–C) groups is 1. The van der Waals surface area contributed by atoms with Crippen LogP contribution < -0.4 is 15.0 Å². The van der Waals surface area contributed by atoms with E-state index in [4.69, 9.17) is 4.74 Å². The van der Waals surface area contributed by atoms with Gasteiger partial charge < -0.3 is 19.9 Å². The number of guanidine groups is 1. The molecule has 0 amide bonds. The summed E-state index contributed by atoms with van der Waals surface area (Å²) in [5.41, 5.74) is 0.824. The van der Waals surface area contributed by atoms with Crippen LogP contribution in [0.3, 0.4) is 0 Å². The molecule has 1 saturated heterocycles. The molecule has 1 aliphatic rings. The van der Waals surface area contributed by atoms with Crippen LogP contribution >= 0.6 is 11.3 Å². The second-order valence-electron chi connectivity index (χ2n) is 6.88. The molecule has 0 atom stereocenters. The summed E-state index contributed by atoms with van der Waals surface area (Å²) in [7, 11) is 1.78. The van der Waals surface area contributed by atoms with E-state index in [1.807, 2.05) is 6.07 Å². The topological polar surface area (TPSA) is 53.0 Å². The van der Waals surface area contributed by atoms with Gasteiger partial charge in [0.15, 0.2) is 17.5 Å². The first-order chi connectivity index (χ1) is 14.7. The molecule has 0 saturated carbocycles. The van der Waals surface area contributed by atoms with Crippen molar-refractivity contribution >= 4 is 22.3 Å². The number of benzene rings is 1. The Morgan fingerprint density at radius 1 is 1.20 bits per heavy atom. The summed E-state index contributed by atoms with van der Waals surface area (Å²) < 4.78 is 20.0. The van der Waals surface area contributed by atoms with Crippen LogP contribution in [0.25, 0.3) is 0 Å².